The van der Waals surface area contributed by atoms with Crippen molar-refractivity contribution in [2.45, 2.75) is 20.0 Å². The van der Waals surface area contributed by atoms with E-state index in [0.29, 0.717) is 18.9 Å². The van der Waals surface area contributed by atoms with Crippen molar-refractivity contribution in [3.8, 4) is 0 Å². The van der Waals surface area contributed by atoms with Crippen LogP contribution in [-0.2, 0) is 13.1 Å². The first kappa shape index (κ1) is 10.8. The Morgan fingerprint density at radius 3 is 3.00 bits per heavy atom. The standard InChI is InChI=1S/C11H12FN3O/c1-8-2-3-10(12)4-9(8)5-13-6-11-14-7-16-15-11/h2-4,7,13H,5-6H2,1H3. The number of nitrogens with one attached hydrogen (secondary N) is 1. The first-order valence-corrected chi connectivity index (χ1v) is 4.96. The molecule has 2 rings (SSSR count). The molecule has 0 unspecified atom stereocenters. The van der Waals surface area contributed by atoms with E-state index in [9.17, 15) is 4.39 Å². The molecule has 0 spiro atoms. The van der Waals surface area contributed by atoms with Crippen molar-refractivity contribution < 1.29 is 8.91 Å². The molecular weight excluding hydrogens is 209 g/mol. The number of hydrogen-bond acceptors (Lipinski definition) is 4. The van der Waals surface area contributed by atoms with Crippen molar-refractivity contribution in [2.75, 3.05) is 0 Å². The minimum atomic E-state index is -0.220. The fourth-order valence-electron chi connectivity index (χ4n) is 1.41. The lowest BCUT2D eigenvalue weighted by Crippen LogP contribution is -2.14. The summed E-state index contributed by atoms with van der Waals surface area (Å²) >= 11 is 0. The van der Waals surface area contributed by atoms with E-state index in [1.54, 1.807) is 6.07 Å². The van der Waals surface area contributed by atoms with Crippen LogP contribution in [0.1, 0.15) is 17.0 Å². The van der Waals surface area contributed by atoms with Gasteiger partial charge in [0.2, 0.25) is 6.39 Å². The van der Waals surface area contributed by atoms with Crippen LogP contribution in [0.3, 0.4) is 0 Å². The van der Waals surface area contributed by atoms with E-state index in [-0.39, 0.29) is 5.82 Å². The lowest BCUT2D eigenvalue weighted by molar-refractivity contribution is 0.407. The molecule has 0 radical (unpaired) electrons. The summed E-state index contributed by atoms with van der Waals surface area (Å²) in [7, 11) is 0. The van der Waals surface area contributed by atoms with Gasteiger partial charge >= 0.3 is 0 Å². The Morgan fingerprint density at radius 1 is 1.38 bits per heavy atom. The minimum absolute atomic E-state index is 0.220. The summed E-state index contributed by atoms with van der Waals surface area (Å²) in [5.74, 6) is 0.371. The fourth-order valence-corrected chi connectivity index (χ4v) is 1.41. The Kier molecular flexibility index (Phi) is 3.26. The van der Waals surface area contributed by atoms with Gasteiger partial charge in [-0.3, -0.25) is 0 Å². The Morgan fingerprint density at radius 2 is 2.25 bits per heavy atom. The summed E-state index contributed by atoms with van der Waals surface area (Å²) in [6, 6.07) is 4.75. The zero-order valence-electron chi connectivity index (χ0n) is 8.90. The van der Waals surface area contributed by atoms with Gasteiger partial charge in [-0.1, -0.05) is 11.2 Å². The Labute approximate surface area is 92.5 Å². The molecule has 1 N–H and O–H groups in total. The predicted octanol–water partition coefficient (Wildman–Crippen LogP) is 1.81. The lowest BCUT2D eigenvalue weighted by Gasteiger charge is -2.06. The maximum Gasteiger partial charge on any atom is 0.213 e. The molecule has 0 atom stereocenters. The molecule has 1 aromatic heterocycles. The molecule has 16 heavy (non-hydrogen) atoms. The van der Waals surface area contributed by atoms with E-state index in [1.165, 1.54) is 18.5 Å². The summed E-state index contributed by atoms with van der Waals surface area (Å²) in [5.41, 5.74) is 1.99. The van der Waals surface area contributed by atoms with Gasteiger partial charge < -0.3 is 9.84 Å². The van der Waals surface area contributed by atoms with E-state index in [1.807, 2.05) is 6.92 Å². The second kappa shape index (κ2) is 4.85. The van der Waals surface area contributed by atoms with Crippen LogP contribution >= 0.6 is 0 Å². The minimum Gasteiger partial charge on any atom is -0.343 e. The predicted molar refractivity (Wildman–Crippen MR) is 56.0 cm³/mol. The SMILES string of the molecule is Cc1ccc(F)cc1CNCc1ncon1. The normalized spacial score (nSPS) is 10.6. The fraction of sp³-hybridized carbons (Fsp3) is 0.273. The van der Waals surface area contributed by atoms with Crippen LogP contribution in [0.15, 0.2) is 29.1 Å². The van der Waals surface area contributed by atoms with Crippen molar-refractivity contribution >= 4 is 0 Å². The number of nitrogens with zero attached hydrogens (tertiary/aromatic N) is 2. The average molecular weight is 221 g/mol. The molecule has 0 aliphatic rings. The number of benzene rings is 1. The van der Waals surface area contributed by atoms with Crippen molar-refractivity contribution in [2.24, 2.45) is 0 Å². The Balaban J connectivity index is 1.92. The van der Waals surface area contributed by atoms with Crippen LogP contribution in [-0.4, -0.2) is 10.1 Å². The second-order valence-corrected chi connectivity index (χ2v) is 3.52. The van der Waals surface area contributed by atoms with E-state index in [2.05, 4.69) is 20.0 Å². The van der Waals surface area contributed by atoms with Gasteiger partial charge in [-0.05, 0) is 30.2 Å². The quantitative estimate of drug-likeness (QED) is 0.855. The van der Waals surface area contributed by atoms with E-state index in [0.717, 1.165) is 11.1 Å². The molecule has 0 fully saturated rings. The van der Waals surface area contributed by atoms with Gasteiger partial charge in [0, 0.05) is 6.54 Å². The molecule has 84 valence electrons. The Bertz CT molecular complexity index is 456. The summed E-state index contributed by atoms with van der Waals surface area (Å²) in [5, 5.41) is 6.79. The number of halogens is 1. The first-order valence-electron chi connectivity index (χ1n) is 4.96. The molecule has 2 aromatic rings. The summed E-state index contributed by atoms with van der Waals surface area (Å²) in [6.45, 7) is 3.04. The second-order valence-electron chi connectivity index (χ2n) is 3.52. The van der Waals surface area contributed by atoms with Crippen molar-refractivity contribution in [3.05, 3.63) is 47.4 Å². The Hall–Kier alpha value is -1.75. The lowest BCUT2D eigenvalue weighted by atomic mass is 10.1. The molecule has 0 aliphatic carbocycles. The van der Waals surface area contributed by atoms with Crippen LogP contribution in [0, 0.1) is 12.7 Å². The first-order chi connectivity index (χ1) is 7.75. The van der Waals surface area contributed by atoms with Crippen LogP contribution in [0.4, 0.5) is 4.39 Å². The average Bonchev–Trinajstić information content (AvgIpc) is 2.76. The van der Waals surface area contributed by atoms with Crippen LogP contribution < -0.4 is 5.32 Å². The van der Waals surface area contributed by atoms with E-state index in [4.69, 9.17) is 0 Å². The van der Waals surface area contributed by atoms with Crippen LogP contribution in [0.2, 0.25) is 0 Å². The third kappa shape index (κ3) is 2.64. The molecular formula is C11H12FN3O. The van der Waals surface area contributed by atoms with Crippen LogP contribution in [0.5, 0.6) is 0 Å². The molecule has 0 aliphatic heterocycles. The number of aryl methyl sites for hydroxylation is 1. The van der Waals surface area contributed by atoms with Gasteiger partial charge in [0.25, 0.3) is 0 Å². The molecule has 1 aromatic carbocycles. The highest BCUT2D eigenvalue weighted by molar-refractivity contribution is 5.26. The molecule has 1 heterocycles. The summed E-state index contributed by atoms with van der Waals surface area (Å²) < 4.78 is 17.6. The van der Waals surface area contributed by atoms with Gasteiger partial charge in [0.15, 0.2) is 5.82 Å². The molecule has 4 nitrogen and oxygen atoms in total. The number of hydrogen-bond donors (Lipinski definition) is 1. The monoisotopic (exact) mass is 221 g/mol. The third-order valence-electron chi connectivity index (χ3n) is 2.32. The number of rotatable bonds is 4. The molecule has 0 saturated heterocycles. The van der Waals surface area contributed by atoms with Gasteiger partial charge in [0.05, 0.1) is 6.54 Å². The largest absolute Gasteiger partial charge is 0.343 e. The van der Waals surface area contributed by atoms with Crippen LogP contribution in [0.25, 0.3) is 0 Å². The van der Waals surface area contributed by atoms with Gasteiger partial charge in [-0.15, -0.1) is 0 Å². The van der Waals surface area contributed by atoms with Crippen molar-refractivity contribution in [1.82, 2.24) is 15.5 Å². The smallest absolute Gasteiger partial charge is 0.213 e. The molecule has 0 amide bonds. The maximum absolute atomic E-state index is 13.0. The zero-order chi connectivity index (χ0) is 11.4. The highest BCUT2D eigenvalue weighted by Gasteiger charge is 2.01. The highest BCUT2D eigenvalue weighted by Crippen LogP contribution is 2.09. The maximum atomic E-state index is 13.0. The van der Waals surface area contributed by atoms with Crippen molar-refractivity contribution in [3.63, 3.8) is 0 Å². The molecule has 0 bridgehead atoms. The molecule has 5 heteroatoms. The van der Waals surface area contributed by atoms with Gasteiger partial charge in [-0.25, -0.2) is 4.39 Å². The van der Waals surface area contributed by atoms with Gasteiger partial charge in [0.1, 0.15) is 5.82 Å². The van der Waals surface area contributed by atoms with E-state index < -0.39 is 0 Å². The number of aromatic nitrogens is 2. The van der Waals surface area contributed by atoms with E-state index >= 15 is 0 Å². The highest BCUT2D eigenvalue weighted by atomic mass is 19.1. The van der Waals surface area contributed by atoms with Crippen molar-refractivity contribution in [1.29, 1.82) is 0 Å². The van der Waals surface area contributed by atoms with Gasteiger partial charge in [-0.2, -0.15) is 4.98 Å². The topological polar surface area (TPSA) is 51.0 Å². The summed E-state index contributed by atoms with van der Waals surface area (Å²) in [4.78, 5) is 3.87. The third-order valence-corrected chi connectivity index (χ3v) is 2.32. The summed E-state index contributed by atoms with van der Waals surface area (Å²) in [6.07, 6.45) is 1.28. The molecule has 0 saturated carbocycles. The zero-order valence-corrected chi connectivity index (χ0v) is 8.90.